The number of hydrogen-bond acceptors (Lipinski definition) is 3. The summed E-state index contributed by atoms with van der Waals surface area (Å²) in [6.07, 6.45) is 0.900. The average molecular weight is 270 g/mol. The van der Waals surface area contributed by atoms with E-state index in [2.05, 4.69) is 5.32 Å². The van der Waals surface area contributed by atoms with Crippen molar-refractivity contribution in [1.29, 1.82) is 0 Å². The molecule has 2 amide bonds. The normalized spacial score (nSPS) is 25.3. The molecule has 19 heavy (non-hydrogen) atoms. The van der Waals surface area contributed by atoms with Crippen LogP contribution in [0.25, 0.3) is 0 Å². The smallest absolute Gasteiger partial charge is 0.245 e. The third-order valence-electron chi connectivity index (χ3n) is 3.75. The minimum Gasteiger partial charge on any atom is -0.394 e. The Morgan fingerprint density at radius 3 is 2.47 bits per heavy atom. The van der Waals surface area contributed by atoms with Crippen molar-refractivity contribution in [3.63, 3.8) is 0 Å². The fraction of sp³-hybridized carbons (Fsp3) is 0.857. The molecule has 1 saturated heterocycles. The summed E-state index contributed by atoms with van der Waals surface area (Å²) < 4.78 is 0. The molecule has 5 nitrogen and oxygen atoms in total. The van der Waals surface area contributed by atoms with Gasteiger partial charge in [-0.3, -0.25) is 9.59 Å². The van der Waals surface area contributed by atoms with Crippen molar-refractivity contribution in [2.24, 2.45) is 11.3 Å². The Morgan fingerprint density at radius 1 is 1.42 bits per heavy atom. The summed E-state index contributed by atoms with van der Waals surface area (Å²) in [5.41, 5.74) is -0.511. The molecule has 0 aromatic rings. The van der Waals surface area contributed by atoms with E-state index in [0.29, 0.717) is 12.5 Å². The van der Waals surface area contributed by atoms with Crippen LogP contribution in [0, 0.1) is 11.3 Å². The van der Waals surface area contributed by atoms with Crippen LogP contribution < -0.4 is 5.32 Å². The molecule has 1 heterocycles. The second kappa shape index (κ2) is 5.90. The van der Waals surface area contributed by atoms with Crippen LogP contribution in [-0.4, -0.2) is 47.1 Å². The topological polar surface area (TPSA) is 69.6 Å². The average Bonchev–Trinajstić information content (AvgIpc) is 2.67. The highest BCUT2D eigenvalue weighted by Crippen LogP contribution is 2.24. The number of nitrogens with zero attached hydrogens (tertiary/aromatic N) is 1. The fourth-order valence-electron chi connectivity index (χ4n) is 2.28. The predicted octanol–water partition coefficient (Wildman–Crippen LogP) is 0.766. The molecule has 110 valence electrons. The molecule has 1 aliphatic heterocycles. The molecule has 0 aliphatic carbocycles. The van der Waals surface area contributed by atoms with Crippen molar-refractivity contribution in [2.75, 3.05) is 13.2 Å². The van der Waals surface area contributed by atoms with E-state index >= 15 is 0 Å². The van der Waals surface area contributed by atoms with Gasteiger partial charge in [-0.2, -0.15) is 0 Å². The summed E-state index contributed by atoms with van der Waals surface area (Å²) in [5, 5.41) is 12.1. The molecule has 2 N–H and O–H groups in total. The zero-order chi connectivity index (χ0) is 14.8. The number of carbonyl (C=O) groups is 2. The van der Waals surface area contributed by atoms with Crippen LogP contribution >= 0.6 is 0 Å². The summed E-state index contributed by atoms with van der Waals surface area (Å²) in [6.45, 7) is 9.81. The van der Waals surface area contributed by atoms with E-state index < -0.39 is 11.5 Å². The molecule has 1 aliphatic rings. The Kier molecular flexibility index (Phi) is 4.96. The van der Waals surface area contributed by atoms with E-state index in [-0.39, 0.29) is 24.5 Å². The van der Waals surface area contributed by atoms with Gasteiger partial charge in [-0.1, -0.05) is 27.7 Å². The van der Waals surface area contributed by atoms with Crippen molar-refractivity contribution in [2.45, 2.75) is 53.1 Å². The molecule has 1 rings (SSSR count). The number of rotatable bonds is 3. The standard InChI is InChI=1S/C14H26N2O3/c1-9-6-7-16(11(9)8-17)12(18)10(2)15-13(19)14(3,4)5/h9-11,17H,6-8H2,1-5H3,(H,15,19). The maximum absolute atomic E-state index is 12.3. The number of nitrogens with one attached hydrogen (secondary N) is 1. The monoisotopic (exact) mass is 270 g/mol. The van der Waals surface area contributed by atoms with Crippen molar-refractivity contribution in [3.05, 3.63) is 0 Å². The molecule has 3 atom stereocenters. The predicted molar refractivity (Wildman–Crippen MR) is 73.4 cm³/mol. The summed E-state index contributed by atoms with van der Waals surface area (Å²) in [7, 11) is 0. The molecular formula is C14H26N2O3. The highest BCUT2D eigenvalue weighted by atomic mass is 16.3. The van der Waals surface area contributed by atoms with Gasteiger partial charge in [0, 0.05) is 12.0 Å². The SMILES string of the molecule is CC(NC(=O)C(C)(C)C)C(=O)N1CCC(C)C1CO. The van der Waals surface area contributed by atoms with Gasteiger partial charge in [0.05, 0.1) is 12.6 Å². The Morgan fingerprint density at radius 2 is 2.00 bits per heavy atom. The molecule has 0 saturated carbocycles. The summed E-state index contributed by atoms with van der Waals surface area (Å²) in [4.78, 5) is 25.9. The molecule has 0 aromatic heterocycles. The lowest BCUT2D eigenvalue weighted by atomic mass is 9.95. The molecule has 0 aromatic carbocycles. The minimum atomic E-state index is -0.550. The van der Waals surface area contributed by atoms with Crippen molar-refractivity contribution >= 4 is 11.8 Å². The molecule has 5 heteroatoms. The molecule has 0 bridgehead atoms. The van der Waals surface area contributed by atoms with Gasteiger partial charge in [0.2, 0.25) is 11.8 Å². The number of aliphatic hydroxyl groups is 1. The minimum absolute atomic E-state index is 0.0210. The van der Waals surface area contributed by atoms with Gasteiger partial charge in [0.25, 0.3) is 0 Å². The van der Waals surface area contributed by atoms with Gasteiger partial charge in [0.1, 0.15) is 6.04 Å². The maximum atomic E-state index is 12.3. The summed E-state index contributed by atoms with van der Waals surface area (Å²) in [5.74, 6) is 0.0570. The third-order valence-corrected chi connectivity index (χ3v) is 3.75. The molecule has 3 unspecified atom stereocenters. The van der Waals surface area contributed by atoms with Crippen LogP contribution in [0.5, 0.6) is 0 Å². The number of carbonyl (C=O) groups excluding carboxylic acids is 2. The summed E-state index contributed by atoms with van der Waals surface area (Å²) in [6, 6.07) is -0.674. The first-order valence-corrected chi connectivity index (χ1v) is 6.90. The van der Waals surface area contributed by atoms with Crippen LogP contribution in [0.3, 0.4) is 0 Å². The zero-order valence-electron chi connectivity index (χ0n) is 12.6. The number of hydrogen-bond donors (Lipinski definition) is 2. The van der Waals surface area contributed by atoms with Gasteiger partial charge in [-0.15, -0.1) is 0 Å². The van der Waals surface area contributed by atoms with E-state index in [9.17, 15) is 14.7 Å². The van der Waals surface area contributed by atoms with Crippen molar-refractivity contribution in [3.8, 4) is 0 Å². The Balaban J connectivity index is 2.65. The highest BCUT2D eigenvalue weighted by Gasteiger charge is 2.36. The number of amides is 2. The second-order valence-electron chi connectivity index (χ2n) is 6.49. The van der Waals surface area contributed by atoms with E-state index in [0.717, 1.165) is 6.42 Å². The third kappa shape index (κ3) is 3.69. The van der Waals surface area contributed by atoms with Crippen LogP contribution in [0.1, 0.15) is 41.0 Å². The fourth-order valence-corrected chi connectivity index (χ4v) is 2.28. The molecule has 0 spiro atoms. The lowest BCUT2D eigenvalue weighted by Gasteiger charge is -2.29. The van der Waals surface area contributed by atoms with Crippen molar-refractivity contribution in [1.82, 2.24) is 10.2 Å². The lowest BCUT2D eigenvalue weighted by Crippen LogP contribution is -2.52. The van der Waals surface area contributed by atoms with Gasteiger partial charge in [-0.25, -0.2) is 0 Å². The van der Waals surface area contributed by atoms with Gasteiger partial charge >= 0.3 is 0 Å². The van der Waals surface area contributed by atoms with Crippen LogP contribution in [0.2, 0.25) is 0 Å². The van der Waals surface area contributed by atoms with E-state index in [4.69, 9.17) is 0 Å². The first-order valence-electron chi connectivity index (χ1n) is 6.90. The highest BCUT2D eigenvalue weighted by molar-refractivity contribution is 5.89. The van der Waals surface area contributed by atoms with Gasteiger partial charge in [0.15, 0.2) is 0 Å². The zero-order valence-corrected chi connectivity index (χ0v) is 12.6. The largest absolute Gasteiger partial charge is 0.394 e. The first kappa shape index (κ1) is 16.0. The van der Waals surface area contributed by atoms with Gasteiger partial charge in [-0.05, 0) is 19.3 Å². The van der Waals surface area contributed by atoms with E-state index in [1.807, 2.05) is 27.7 Å². The first-order chi connectivity index (χ1) is 8.68. The Bertz CT molecular complexity index is 349. The Hall–Kier alpha value is -1.10. The lowest BCUT2D eigenvalue weighted by molar-refractivity contribution is -0.139. The molecule has 0 radical (unpaired) electrons. The number of likely N-dealkylation sites (tertiary alicyclic amines) is 1. The second-order valence-corrected chi connectivity index (χ2v) is 6.49. The van der Waals surface area contributed by atoms with Crippen LogP contribution in [-0.2, 0) is 9.59 Å². The molecular weight excluding hydrogens is 244 g/mol. The van der Waals surface area contributed by atoms with Gasteiger partial charge < -0.3 is 15.3 Å². The number of aliphatic hydroxyl groups excluding tert-OH is 1. The summed E-state index contributed by atoms with van der Waals surface area (Å²) >= 11 is 0. The quantitative estimate of drug-likeness (QED) is 0.795. The molecule has 1 fully saturated rings. The maximum Gasteiger partial charge on any atom is 0.245 e. The van der Waals surface area contributed by atoms with Crippen LogP contribution in [0.15, 0.2) is 0 Å². The van der Waals surface area contributed by atoms with Crippen LogP contribution in [0.4, 0.5) is 0 Å². The van der Waals surface area contributed by atoms with E-state index in [1.54, 1.807) is 11.8 Å². The van der Waals surface area contributed by atoms with Crippen molar-refractivity contribution < 1.29 is 14.7 Å². The van der Waals surface area contributed by atoms with E-state index in [1.165, 1.54) is 0 Å². The Labute approximate surface area is 115 Å².